The van der Waals surface area contributed by atoms with Gasteiger partial charge in [-0.2, -0.15) is 5.10 Å². The van der Waals surface area contributed by atoms with Crippen molar-refractivity contribution in [1.29, 1.82) is 0 Å². The summed E-state index contributed by atoms with van der Waals surface area (Å²) in [6.45, 7) is 5.13. The highest BCUT2D eigenvalue weighted by Gasteiger charge is 2.26. The first-order chi connectivity index (χ1) is 13.0. The van der Waals surface area contributed by atoms with E-state index in [1.54, 1.807) is 27.8 Å². The number of benzene rings is 1. The molecule has 10 heteroatoms. The number of aromatic nitrogens is 2. The van der Waals surface area contributed by atoms with Crippen molar-refractivity contribution in [3.63, 3.8) is 0 Å². The highest BCUT2D eigenvalue weighted by Crippen LogP contribution is 2.33. The van der Waals surface area contributed by atoms with Gasteiger partial charge in [0.1, 0.15) is 5.56 Å². The maximum atomic E-state index is 13.1. The lowest BCUT2D eigenvalue weighted by Crippen LogP contribution is -2.29. The SMILES string of the molecule is CCNC(=O)COc1c(C(=O)c2cc(C)c(S(C)(=O)=O)c(C)c2Cl)cnn1C. The number of aryl methyl sites for hydroxylation is 2. The lowest BCUT2D eigenvalue weighted by Gasteiger charge is -2.14. The number of likely N-dealkylation sites (N-methyl/N-ethyl adjacent to an activating group) is 1. The number of hydrogen-bond acceptors (Lipinski definition) is 6. The molecule has 152 valence electrons. The predicted octanol–water partition coefficient (Wildman–Crippen LogP) is 1.84. The fraction of sp³-hybridized carbons (Fsp3) is 0.389. The van der Waals surface area contributed by atoms with E-state index in [0.717, 1.165) is 6.26 Å². The molecule has 1 amide bonds. The van der Waals surface area contributed by atoms with Crippen LogP contribution in [0.25, 0.3) is 0 Å². The average Bonchev–Trinajstić information content (AvgIpc) is 2.95. The molecule has 0 unspecified atom stereocenters. The van der Waals surface area contributed by atoms with Crippen LogP contribution in [0.2, 0.25) is 5.02 Å². The van der Waals surface area contributed by atoms with E-state index in [2.05, 4.69) is 10.4 Å². The summed E-state index contributed by atoms with van der Waals surface area (Å²) in [4.78, 5) is 24.8. The summed E-state index contributed by atoms with van der Waals surface area (Å²) in [5, 5.41) is 6.66. The molecule has 2 rings (SSSR count). The van der Waals surface area contributed by atoms with Crippen molar-refractivity contribution >= 4 is 33.1 Å². The number of nitrogens with zero attached hydrogens (tertiary/aromatic N) is 2. The van der Waals surface area contributed by atoms with E-state index in [9.17, 15) is 18.0 Å². The number of hydrogen-bond donors (Lipinski definition) is 1. The van der Waals surface area contributed by atoms with Crippen LogP contribution in [0.5, 0.6) is 5.88 Å². The summed E-state index contributed by atoms with van der Waals surface area (Å²) < 4.78 is 30.9. The summed E-state index contributed by atoms with van der Waals surface area (Å²) in [6.07, 6.45) is 2.41. The normalized spacial score (nSPS) is 11.4. The third kappa shape index (κ3) is 4.36. The Hall–Kier alpha value is -2.39. The molecular formula is C18H22ClN3O5S. The smallest absolute Gasteiger partial charge is 0.257 e. The Bertz CT molecular complexity index is 1040. The third-order valence-electron chi connectivity index (χ3n) is 4.08. The topological polar surface area (TPSA) is 107 Å². The number of sulfone groups is 1. The van der Waals surface area contributed by atoms with E-state index in [1.807, 2.05) is 0 Å². The largest absolute Gasteiger partial charge is 0.467 e. The Labute approximate surface area is 168 Å². The second-order valence-corrected chi connectivity index (χ2v) is 8.67. The average molecular weight is 428 g/mol. The monoisotopic (exact) mass is 427 g/mol. The van der Waals surface area contributed by atoms with Crippen LogP contribution in [-0.2, 0) is 21.7 Å². The molecule has 1 aromatic carbocycles. The summed E-state index contributed by atoms with van der Waals surface area (Å²) in [6, 6.07) is 1.44. The maximum Gasteiger partial charge on any atom is 0.257 e. The number of carbonyl (C=O) groups is 2. The zero-order chi connectivity index (χ0) is 21.2. The van der Waals surface area contributed by atoms with Crippen molar-refractivity contribution in [2.45, 2.75) is 25.7 Å². The first-order valence-corrected chi connectivity index (χ1v) is 10.7. The number of nitrogens with one attached hydrogen (secondary N) is 1. The quantitative estimate of drug-likeness (QED) is 0.675. The summed E-state index contributed by atoms with van der Waals surface area (Å²) in [7, 11) is -1.92. The van der Waals surface area contributed by atoms with Crippen molar-refractivity contribution in [1.82, 2.24) is 15.1 Å². The highest BCUT2D eigenvalue weighted by molar-refractivity contribution is 7.90. The first kappa shape index (κ1) is 21.9. The second-order valence-electron chi connectivity index (χ2n) is 6.34. The van der Waals surface area contributed by atoms with E-state index < -0.39 is 15.6 Å². The van der Waals surface area contributed by atoms with Crippen molar-refractivity contribution in [2.75, 3.05) is 19.4 Å². The van der Waals surface area contributed by atoms with Crippen molar-refractivity contribution in [3.8, 4) is 5.88 Å². The van der Waals surface area contributed by atoms with Gasteiger partial charge in [0.2, 0.25) is 11.7 Å². The van der Waals surface area contributed by atoms with Crippen LogP contribution in [0.15, 0.2) is 17.2 Å². The van der Waals surface area contributed by atoms with Crippen LogP contribution >= 0.6 is 11.6 Å². The van der Waals surface area contributed by atoms with Crippen LogP contribution in [0.1, 0.15) is 34.0 Å². The van der Waals surface area contributed by atoms with E-state index in [4.69, 9.17) is 16.3 Å². The Morgan fingerprint density at radius 2 is 1.93 bits per heavy atom. The van der Waals surface area contributed by atoms with E-state index in [0.29, 0.717) is 17.7 Å². The molecule has 0 radical (unpaired) electrons. The zero-order valence-corrected chi connectivity index (χ0v) is 17.9. The first-order valence-electron chi connectivity index (χ1n) is 8.44. The van der Waals surface area contributed by atoms with Gasteiger partial charge in [-0.3, -0.25) is 9.59 Å². The molecule has 0 aliphatic carbocycles. The van der Waals surface area contributed by atoms with Crippen molar-refractivity contribution in [2.24, 2.45) is 7.05 Å². The third-order valence-corrected chi connectivity index (χ3v) is 5.94. The molecule has 0 bridgehead atoms. The molecule has 28 heavy (non-hydrogen) atoms. The summed E-state index contributed by atoms with van der Waals surface area (Å²) in [5.41, 5.74) is 0.988. The lowest BCUT2D eigenvalue weighted by molar-refractivity contribution is -0.123. The van der Waals surface area contributed by atoms with Gasteiger partial charge in [0.25, 0.3) is 5.91 Å². The lowest BCUT2D eigenvalue weighted by atomic mass is 10.0. The molecule has 0 saturated heterocycles. The van der Waals surface area contributed by atoms with Gasteiger partial charge in [-0.15, -0.1) is 0 Å². The number of ether oxygens (including phenoxy) is 1. The van der Waals surface area contributed by atoms with E-state index >= 15 is 0 Å². The fourth-order valence-corrected chi connectivity index (χ4v) is 4.55. The summed E-state index contributed by atoms with van der Waals surface area (Å²) in [5.74, 6) is -0.686. The Morgan fingerprint density at radius 3 is 2.50 bits per heavy atom. The Balaban J connectivity index is 2.47. The molecule has 0 saturated carbocycles. The standard InChI is InChI=1S/C18H22ClN3O5S/c1-6-20-14(23)9-27-18-13(8-21-22(18)4)16(24)12-7-10(2)17(28(5,25)26)11(3)15(12)19/h7-8H,6,9H2,1-5H3,(H,20,23). The van der Waals surface area contributed by atoms with Crippen molar-refractivity contribution < 1.29 is 22.7 Å². The molecular weight excluding hydrogens is 406 g/mol. The Kier molecular flexibility index (Phi) is 6.51. The molecule has 0 fully saturated rings. The van der Waals surface area contributed by atoms with E-state index in [1.165, 1.54) is 16.9 Å². The van der Waals surface area contributed by atoms with Gasteiger partial charge < -0.3 is 10.1 Å². The molecule has 0 aliphatic rings. The van der Waals surface area contributed by atoms with Gasteiger partial charge in [-0.05, 0) is 38.0 Å². The van der Waals surface area contributed by atoms with Crippen LogP contribution < -0.4 is 10.1 Å². The molecule has 8 nitrogen and oxygen atoms in total. The van der Waals surface area contributed by atoms with Gasteiger partial charge in [-0.1, -0.05) is 11.6 Å². The minimum absolute atomic E-state index is 0.0505. The molecule has 0 atom stereocenters. The molecule has 1 N–H and O–H groups in total. The van der Waals surface area contributed by atoms with Crippen molar-refractivity contribution in [3.05, 3.63) is 39.5 Å². The minimum atomic E-state index is -3.50. The second kappa shape index (κ2) is 8.32. The fourth-order valence-electron chi connectivity index (χ4n) is 2.96. The van der Waals surface area contributed by atoms with Gasteiger partial charge in [-0.25, -0.2) is 13.1 Å². The van der Waals surface area contributed by atoms with Gasteiger partial charge >= 0.3 is 0 Å². The molecule has 0 spiro atoms. The summed E-state index contributed by atoms with van der Waals surface area (Å²) >= 11 is 6.33. The minimum Gasteiger partial charge on any atom is -0.467 e. The molecule has 1 aromatic heterocycles. The number of ketones is 1. The van der Waals surface area contributed by atoms with Gasteiger partial charge in [0.05, 0.1) is 16.1 Å². The zero-order valence-electron chi connectivity index (χ0n) is 16.3. The number of rotatable bonds is 7. The predicted molar refractivity (Wildman–Crippen MR) is 105 cm³/mol. The number of amides is 1. The number of carbonyl (C=O) groups excluding carboxylic acids is 2. The van der Waals surface area contributed by atoms with Gasteiger partial charge in [0, 0.05) is 25.4 Å². The van der Waals surface area contributed by atoms with Crippen LogP contribution in [0, 0.1) is 13.8 Å². The molecule has 1 heterocycles. The molecule has 2 aromatic rings. The number of halogens is 1. The highest BCUT2D eigenvalue weighted by atomic mass is 35.5. The van der Waals surface area contributed by atoms with Crippen LogP contribution in [-0.4, -0.2) is 49.3 Å². The Morgan fingerprint density at radius 1 is 1.29 bits per heavy atom. The molecule has 0 aliphatic heterocycles. The van der Waals surface area contributed by atoms with Crippen LogP contribution in [0.4, 0.5) is 0 Å². The maximum absolute atomic E-state index is 13.1. The van der Waals surface area contributed by atoms with Gasteiger partial charge in [0.15, 0.2) is 16.4 Å². The van der Waals surface area contributed by atoms with Crippen LogP contribution in [0.3, 0.4) is 0 Å². The van der Waals surface area contributed by atoms with E-state index in [-0.39, 0.29) is 39.4 Å².